The van der Waals surface area contributed by atoms with E-state index in [9.17, 15) is 17.6 Å². The highest BCUT2D eigenvalue weighted by atomic mass is 32.2. The first-order valence-corrected chi connectivity index (χ1v) is 10.6. The highest BCUT2D eigenvalue weighted by molar-refractivity contribution is 8.02. The van der Waals surface area contributed by atoms with E-state index in [0.717, 1.165) is 12.0 Å². The average Bonchev–Trinajstić information content (AvgIpc) is 2.77. The molecule has 1 aromatic carbocycles. The molecule has 0 aromatic heterocycles. The lowest BCUT2D eigenvalue weighted by atomic mass is 10.2. The first-order valence-electron chi connectivity index (χ1n) is 7.69. The zero-order valence-electron chi connectivity index (χ0n) is 13.9. The second-order valence-electron chi connectivity index (χ2n) is 5.65. The van der Waals surface area contributed by atoms with Crippen molar-refractivity contribution in [1.29, 1.82) is 0 Å². The average molecular weight is 400 g/mol. The Morgan fingerprint density at radius 2 is 2.19 bits per heavy atom. The summed E-state index contributed by atoms with van der Waals surface area (Å²) in [6, 6.07) is 4.43. The molecular formula is C16H17FN2O5S2. The summed E-state index contributed by atoms with van der Waals surface area (Å²) in [5.74, 6) is 0.316. The molecule has 2 aliphatic rings. The van der Waals surface area contributed by atoms with Crippen LogP contribution >= 0.6 is 11.8 Å². The van der Waals surface area contributed by atoms with Crippen LogP contribution in [0.3, 0.4) is 0 Å². The van der Waals surface area contributed by atoms with Crippen molar-refractivity contribution in [2.45, 2.75) is 6.10 Å². The molecule has 1 aromatic rings. The van der Waals surface area contributed by atoms with Crippen LogP contribution < -0.4 is 9.80 Å². The fraction of sp³-hybridized carbons (Fsp3) is 0.312. The van der Waals surface area contributed by atoms with Crippen molar-refractivity contribution in [2.75, 3.05) is 35.0 Å². The maximum atomic E-state index is 14.6. The monoisotopic (exact) mass is 400 g/mol. The van der Waals surface area contributed by atoms with Gasteiger partial charge in [-0.3, -0.25) is 9.08 Å². The van der Waals surface area contributed by atoms with Crippen LogP contribution in [0, 0.1) is 5.82 Å². The topological polar surface area (TPSA) is 76.2 Å². The van der Waals surface area contributed by atoms with Crippen LogP contribution in [-0.4, -0.2) is 45.8 Å². The van der Waals surface area contributed by atoms with Gasteiger partial charge in [0, 0.05) is 18.2 Å². The van der Waals surface area contributed by atoms with Crippen molar-refractivity contribution in [3.63, 3.8) is 0 Å². The van der Waals surface area contributed by atoms with Crippen LogP contribution in [-0.2, 0) is 19.0 Å². The van der Waals surface area contributed by atoms with Gasteiger partial charge < -0.3 is 9.64 Å². The van der Waals surface area contributed by atoms with E-state index < -0.39 is 28.1 Å². The fourth-order valence-electron chi connectivity index (χ4n) is 2.48. The Hall–Kier alpha value is -2.04. The molecule has 0 spiro atoms. The summed E-state index contributed by atoms with van der Waals surface area (Å²) >= 11 is 1.59. The second kappa shape index (κ2) is 7.68. The minimum absolute atomic E-state index is 0.0767. The van der Waals surface area contributed by atoms with Crippen LogP contribution in [0.1, 0.15) is 0 Å². The van der Waals surface area contributed by atoms with Crippen molar-refractivity contribution in [3.8, 4) is 0 Å². The molecule has 0 N–H and O–H groups in total. The SMILES string of the molecule is CS(=O)(=O)OC[C@H]1CN(c2ccc(N3C=CCSC=C3)c(F)c2)C(=O)O1. The molecule has 1 fully saturated rings. The quantitative estimate of drug-likeness (QED) is 0.704. The van der Waals surface area contributed by atoms with E-state index in [-0.39, 0.29) is 13.2 Å². The molecule has 26 heavy (non-hydrogen) atoms. The van der Waals surface area contributed by atoms with Gasteiger partial charge in [0.1, 0.15) is 18.5 Å². The van der Waals surface area contributed by atoms with Gasteiger partial charge in [0.05, 0.1) is 24.2 Å². The molecule has 10 heteroatoms. The van der Waals surface area contributed by atoms with Crippen LogP contribution in [0.2, 0.25) is 0 Å². The van der Waals surface area contributed by atoms with Crippen molar-refractivity contribution < 1.29 is 26.5 Å². The molecular weight excluding hydrogens is 383 g/mol. The number of rotatable bonds is 5. The largest absolute Gasteiger partial charge is 0.441 e. The van der Waals surface area contributed by atoms with E-state index in [1.165, 1.54) is 11.0 Å². The number of anilines is 2. The molecule has 1 amide bonds. The van der Waals surface area contributed by atoms with Gasteiger partial charge >= 0.3 is 6.09 Å². The molecule has 0 saturated carbocycles. The summed E-state index contributed by atoms with van der Waals surface area (Å²) in [4.78, 5) is 14.9. The number of cyclic esters (lactones) is 1. The third-order valence-corrected chi connectivity index (χ3v) is 4.90. The van der Waals surface area contributed by atoms with E-state index in [0.29, 0.717) is 11.4 Å². The van der Waals surface area contributed by atoms with Crippen molar-refractivity contribution in [2.24, 2.45) is 0 Å². The number of carbonyl (C=O) groups excluding carboxylic acids is 1. The Morgan fingerprint density at radius 1 is 1.38 bits per heavy atom. The van der Waals surface area contributed by atoms with Crippen LogP contribution in [0.25, 0.3) is 0 Å². The van der Waals surface area contributed by atoms with Gasteiger partial charge in [-0.2, -0.15) is 8.42 Å². The Labute approximate surface area is 155 Å². The van der Waals surface area contributed by atoms with Crippen molar-refractivity contribution in [1.82, 2.24) is 0 Å². The minimum atomic E-state index is -3.63. The third kappa shape index (κ3) is 4.57. The number of benzene rings is 1. The predicted octanol–water partition coefficient (Wildman–Crippen LogP) is 2.67. The Bertz CT molecular complexity index is 842. The molecule has 1 saturated heterocycles. The van der Waals surface area contributed by atoms with E-state index in [1.807, 2.05) is 11.5 Å². The summed E-state index contributed by atoms with van der Waals surface area (Å²) in [7, 11) is -3.63. The van der Waals surface area contributed by atoms with Gasteiger partial charge in [-0.1, -0.05) is 6.08 Å². The Balaban J connectivity index is 1.73. The highest BCUT2D eigenvalue weighted by Crippen LogP contribution is 2.29. The number of hydrogen-bond acceptors (Lipinski definition) is 7. The first-order chi connectivity index (χ1) is 12.3. The van der Waals surface area contributed by atoms with Gasteiger partial charge in [-0.25, -0.2) is 9.18 Å². The minimum Gasteiger partial charge on any atom is -0.441 e. The first kappa shape index (κ1) is 18.7. The van der Waals surface area contributed by atoms with Gasteiger partial charge in [-0.05, 0) is 23.6 Å². The number of ether oxygens (including phenoxy) is 1. The van der Waals surface area contributed by atoms with Crippen molar-refractivity contribution in [3.05, 3.63) is 47.9 Å². The standard InChI is InChI=1S/C16H17FN2O5S2/c1-26(21,22)23-11-13-10-19(16(20)24-13)12-3-4-15(14(17)9-12)18-5-2-7-25-8-6-18/h2-6,8-9,13H,7,10-11H2,1H3/t13-/m1/s1. The number of thioether (sulfide) groups is 1. The molecule has 0 radical (unpaired) electrons. The summed E-state index contributed by atoms with van der Waals surface area (Å²) in [5.41, 5.74) is 0.684. The number of hydrogen-bond donors (Lipinski definition) is 0. The highest BCUT2D eigenvalue weighted by Gasteiger charge is 2.33. The molecule has 1 atom stereocenters. The van der Waals surface area contributed by atoms with Gasteiger partial charge in [0.25, 0.3) is 10.1 Å². The molecule has 7 nitrogen and oxygen atoms in total. The van der Waals surface area contributed by atoms with E-state index in [4.69, 9.17) is 4.74 Å². The van der Waals surface area contributed by atoms with E-state index in [1.54, 1.807) is 41.2 Å². The molecule has 2 aliphatic heterocycles. The maximum absolute atomic E-state index is 14.6. The molecule has 0 aliphatic carbocycles. The molecule has 2 heterocycles. The van der Waals surface area contributed by atoms with Gasteiger partial charge in [0.2, 0.25) is 0 Å². The van der Waals surface area contributed by atoms with Gasteiger partial charge in [0.15, 0.2) is 0 Å². The Kier molecular flexibility index (Phi) is 5.54. The summed E-state index contributed by atoms with van der Waals surface area (Å²) < 4.78 is 46.3. The number of carbonyl (C=O) groups is 1. The molecule has 140 valence electrons. The lowest BCUT2D eigenvalue weighted by Gasteiger charge is -2.18. The van der Waals surface area contributed by atoms with E-state index in [2.05, 4.69) is 4.18 Å². The summed E-state index contributed by atoms with van der Waals surface area (Å²) in [6.45, 7) is -0.198. The zero-order chi connectivity index (χ0) is 18.7. The van der Waals surface area contributed by atoms with E-state index >= 15 is 0 Å². The fourth-order valence-corrected chi connectivity index (χ4v) is 3.40. The van der Waals surface area contributed by atoms with Crippen LogP contribution in [0.5, 0.6) is 0 Å². The molecule has 3 rings (SSSR count). The summed E-state index contributed by atoms with van der Waals surface area (Å²) in [5, 5.41) is 1.87. The smallest absolute Gasteiger partial charge is 0.414 e. The lowest BCUT2D eigenvalue weighted by molar-refractivity contribution is 0.107. The molecule has 0 unspecified atom stereocenters. The Morgan fingerprint density at radius 3 is 2.92 bits per heavy atom. The molecule has 0 bridgehead atoms. The predicted molar refractivity (Wildman–Crippen MR) is 98.0 cm³/mol. The number of amides is 1. The van der Waals surface area contributed by atoms with Gasteiger partial charge in [-0.15, -0.1) is 11.8 Å². The normalized spacial score (nSPS) is 20.4. The second-order valence-corrected chi connectivity index (χ2v) is 8.23. The zero-order valence-corrected chi connectivity index (χ0v) is 15.5. The van der Waals surface area contributed by atoms with Crippen LogP contribution in [0.4, 0.5) is 20.6 Å². The number of nitrogens with zero attached hydrogens (tertiary/aromatic N) is 2. The summed E-state index contributed by atoms with van der Waals surface area (Å²) in [6.07, 6.45) is 4.95. The third-order valence-electron chi connectivity index (χ3n) is 3.64. The lowest BCUT2D eigenvalue weighted by Crippen LogP contribution is -2.26. The van der Waals surface area contributed by atoms with Crippen LogP contribution in [0.15, 0.2) is 42.1 Å². The maximum Gasteiger partial charge on any atom is 0.414 e. The number of halogens is 1. The van der Waals surface area contributed by atoms with Crippen molar-refractivity contribution >= 4 is 39.3 Å².